The summed E-state index contributed by atoms with van der Waals surface area (Å²) >= 11 is 5.99. The molecule has 2 aromatic rings. The number of carbonyl (C=O) groups is 2. The summed E-state index contributed by atoms with van der Waals surface area (Å²) in [7, 11) is 4.56. The van der Waals surface area contributed by atoms with Crippen LogP contribution in [0.15, 0.2) is 28.7 Å². The molecular weight excluding hydrogens is 372 g/mol. The zero-order chi connectivity index (χ0) is 20.0. The summed E-state index contributed by atoms with van der Waals surface area (Å²) < 4.78 is 15.5. The third kappa shape index (κ3) is 5.40. The molecule has 0 aliphatic heterocycles. The van der Waals surface area contributed by atoms with Gasteiger partial charge in [-0.05, 0) is 31.2 Å². The minimum Gasteiger partial charge on any atom is -0.495 e. The lowest BCUT2D eigenvalue weighted by Crippen LogP contribution is -2.27. The van der Waals surface area contributed by atoms with E-state index in [0.717, 1.165) is 5.69 Å². The first-order chi connectivity index (χ1) is 12.8. The summed E-state index contributed by atoms with van der Waals surface area (Å²) in [4.78, 5) is 25.5. The number of furan rings is 1. The number of aryl methyl sites for hydroxylation is 1. The van der Waals surface area contributed by atoms with Crippen LogP contribution in [0.5, 0.6) is 5.75 Å². The number of carbonyl (C=O) groups excluding carboxylic acids is 2. The molecule has 146 valence electrons. The fraction of sp³-hybridized carbons (Fsp3) is 0.368. The van der Waals surface area contributed by atoms with Gasteiger partial charge in [0, 0.05) is 25.0 Å². The number of anilines is 1. The predicted molar refractivity (Wildman–Crippen MR) is 102 cm³/mol. The van der Waals surface area contributed by atoms with Crippen molar-refractivity contribution in [1.82, 2.24) is 4.90 Å². The maximum Gasteiger partial charge on any atom is 0.341 e. The molecule has 0 atom stereocenters. The van der Waals surface area contributed by atoms with Crippen LogP contribution >= 0.6 is 11.6 Å². The van der Waals surface area contributed by atoms with Crippen molar-refractivity contribution in [2.45, 2.75) is 19.9 Å². The van der Waals surface area contributed by atoms with Crippen molar-refractivity contribution in [1.29, 1.82) is 0 Å². The molecule has 1 amide bonds. The number of benzene rings is 1. The van der Waals surface area contributed by atoms with Crippen LogP contribution in [-0.4, -0.2) is 44.6 Å². The molecule has 1 heterocycles. The number of ether oxygens (including phenoxy) is 2. The lowest BCUT2D eigenvalue weighted by atomic mass is 10.2. The Labute approximate surface area is 163 Å². The van der Waals surface area contributed by atoms with Gasteiger partial charge in [0.2, 0.25) is 5.91 Å². The lowest BCUT2D eigenvalue weighted by molar-refractivity contribution is -0.130. The number of rotatable bonds is 8. The van der Waals surface area contributed by atoms with Gasteiger partial charge < -0.3 is 24.1 Å². The van der Waals surface area contributed by atoms with Crippen molar-refractivity contribution >= 4 is 29.2 Å². The smallest absolute Gasteiger partial charge is 0.341 e. The Morgan fingerprint density at radius 2 is 2.00 bits per heavy atom. The Morgan fingerprint density at radius 1 is 1.26 bits per heavy atom. The zero-order valence-electron chi connectivity index (χ0n) is 15.8. The molecule has 2 rings (SSSR count). The molecule has 1 aromatic heterocycles. The van der Waals surface area contributed by atoms with Crippen LogP contribution in [0, 0.1) is 6.92 Å². The van der Waals surface area contributed by atoms with E-state index in [1.54, 1.807) is 45.3 Å². The first-order valence-corrected chi connectivity index (χ1v) is 8.72. The van der Waals surface area contributed by atoms with Crippen LogP contribution in [0.2, 0.25) is 5.02 Å². The average molecular weight is 395 g/mol. The van der Waals surface area contributed by atoms with Crippen LogP contribution in [0.3, 0.4) is 0 Å². The maximum absolute atomic E-state index is 12.3. The van der Waals surface area contributed by atoms with Crippen molar-refractivity contribution in [2.75, 3.05) is 33.1 Å². The Kier molecular flexibility index (Phi) is 7.12. The Hall–Kier alpha value is -2.67. The summed E-state index contributed by atoms with van der Waals surface area (Å²) in [6, 6.07) is 6.84. The molecule has 0 bridgehead atoms. The van der Waals surface area contributed by atoms with Crippen LogP contribution < -0.4 is 10.1 Å². The van der Waals surface area contributed by atoms with Gasteiger partial charge in [-0.25, -0.2) is 4.79 Å². The number of amides is 1. The molecule has 0 aliphatic rings. The van der Waals surface area contributed by atoms with Crippen molar-refractivity contribution < 1.29 is 23.5 Å². The van der Waals surface area contributed by atoms with E-state index in [0.29, 0.717) is 34.4 Å². The molecule has 0 saturated heterocycles. The molecule has 0 aliphatic carbocycles. The SMILES string of the molecule is COC(=O)c1cc(CN(C)C(=O)CCNc2cc(Cl)ccc2OC)oc1C. The van der Waals surface area contributed by atoms with Gasteiger partial charge in [0.05, 0.1) is 26.5 Å². The third-order valence-electron chi connectivity index (χ3n) is 4.01. The van der Waals surface area contributed by atoms with Crippen LogP contribution in [-0.2, 0) is 16.1 Å². The minimum absolute atomic E-state index is 0.0721. The van der Waals surface area contributed by atoms with E-state index in [1.165, 1.54) is 12.0 Å². The fourth-order valence-corrected chi connectivity index (χ4v) is 2.74. The number of halogens is 1. The molecule has 27 heavy (non-hydrogen) atoms. The lowest BCUT2D eigenvalue weighted by Gasteiger charge is -2.17. The van der Waals surface area contributed by atoms with Crippen LogP contribution in [0.4, 0.5) is 5.69 Å². The molecule has 0 unspecified atom stereocenters. The number of nitrogens with zero attached hydrogens (tertiary/aromatic N) is 1. The van der Waals surface area contributed by atoms with Crippen molar-refractivity contribution in [3.05, 3.63) is 46.4 Å². The van der Waals surface area contributed by atoms with Gasteiger partial charge in [0.15, 0.2) is 0 Å². The second-order valence-corrected chi connectivity index (χ2v) is 6.38. The van der Waals surface area contributed by atoms with E-state index < -0.39 is 5.97 Å². The number of hydrogen-bond donors (Lipinski definition) is 1. The first kappa shape index (κ1) is 20.6. The minimum atomic E-state index is -0.462. The highest BCUT2D eigenvalue weighted by molar-refractivity contribution is 6.30. The highest BCUT2D eigenvalue weighted by Gasteiger charge is 2.18. The third-order valence-corrected chi connectivity index (χ3v) is 4.24. The van der Waals surface area contributed by atoms with Gasteiger partial charge in [-0.3, -0.25) is 4.79 Å². The number of nitrogens with one attached hydrogen (secondary N) is 1. The average Bonchev–Trinajstić information content (AvgIpc) is 3.01. The monoisotopic (exact) mass is 394 g/mol. The molecule has 0 fully saturated rings. The normalized spacial score (nSPS) is 10.4. The van der Waals surface area contributed by atoms with Gasteiger partial charge in [-0.15, -0.1) is 0 Å². The van der Waals surface area contributed by atoms with Crippen LogP contribution in [0.25, 0.3) is 0 Å². The maximum atomic E-state index is 12.3. The summed E-state index contributed by atoms with van der Waals surface area (Å²) in [5, 5.41) is 3.73. The Balaban J connectivity index is 1.89. The van der Waals surface area contributed by atoms with Gasteiger partial charge in [-0.2, -0.15) is 0 Å². The largest absolute Gasteiger partial charge is 0.495 e. The number of hydrogen-bond acceptors (Lipinski definition) is 6. The number of esters is 1. The van der Waals surface area contributed by atoms with Crippen LogP contribution in [0.1, 0.15) is 28.3 Å². The van der Waals surface area contributed by atoms with Crippen molar-refractivity contribution in [2.24, 2.45) is 0 Å². The molecule has 0 saturated carbocycles. The second kappa shape index (κ2) is 9.32. The topological polar surface area (TPSA) is 81.0 Å². The molecular formula is C19H23ClN2O5. The molecule has 8 heteroatoms. The summed E-state index contributed by atoms with van der Waals surface area (Å²) in [5.41, 5.74) is 1.09. The molecule has 1 N–H and O–H groups in total. The fourth-order valence-electron chi connectivity index (χ4n) is 2.57. The molecule has 0 spiro atoms. The number of methoxy groups -OCH3 is 2. The summed E-state index contributed by atoms with van der Waals surface area (Å²) in [6.45, 7) is 2.36. The predicted octanol–water partition coefficient (Wildman–Crippen LogP) is 3.50. The van der Waals surface area contributed by atoms with E-state index in [1.807, 2.05) is 0 Å². The van der Waals surface area contributed by atoms with Gasteiger partial charge in [-0.1, -0.05) is 11.6 Å². The van der Waals surface area contributed by atoms with Crippen molar-refractivity contribution in [3.8, 4) is 5.75 Å². The summed E-state index contributed by atoms with van der Waals surface area (Å²) in [5.74, 6) is 1.11. The van der Waals surface area contributed by atoms with E-state index in [4.69, 9.17) is 25.5 Å². The second-order valence-electron chi connectivity index (χ2n) is 5.95. The Morgan fingerprint density at radius 3 is 2.67 bits per heavy atom. The van der Waals surface area contributed by atoms with E-state index in [9.17, 15) is 9.59 Å². The van der Waals surface area contributed by atoms with E-state index in [2.05, 4.69) is 5.32 Å². The summed E-state index contributed by atoms with van der Waals surface area (Å²) in [6.07, 6.45) is 0.274. The quantitative estimate of drug-likeness (QED) is 0.690. The van der Waals surface area contributed by atoms with Crippen molar-refractivity contribution in [3.63, 3.8) is 0 Å². The molecule has 1 aromatic carbocycles. The highest BCUT2D eigenvalue weighted by Crippen LogP contribution is 2.27. The van der Waals surface area contributed by atoms with E-state index in [-0.39, 0.29) is 18.9 Å². The first-order valence-electron chi connectivity index (χ1n) is 8.34. The molecule has 7 nitrogen and oxygen atoms in total. The zero-order valence-corrected chi connectivity index (χ0v) is 16.6. The highest BCUT2D eigenvalue weighted by atomic mass is 35.5. The molecule has 0 radical (unpaired) electrons. The Bertz CT molecular complexity index is 818. The van der Waals surface area contributed by atoms with Gasteiger partial charge in [0.25, 0.3) is 0 Å². The van der Waals surface area contributed by atoms with E-state index >= 15 is 0 Å². The van der Waals surface area contributed by atoms with Gasteiger partial charge in [0.1, 0.15) is 22.8 Å². The standard InChI is InChI=1S/C19H23ClN2O5/c1-12-15(19(24)26-4)10-14(27-12)11-22(2)18(23)7-8-21-16-9-13(20)5-6-17(16)25-3/h5-6,9-10,21H,7-8,11H2,1-4H3. The van der Waals surface area contributed by atoms with Gasteiger partial charge >= 0.3 is 5.97 Å².